The highest BCUT2D eigenvalue weighted by Gasteiger charge is 2.30. The van der Waals surface area contributed by atoms with E-state index >= 15 is 0 Å². The number of aryl methyl sites for hydroxylation is 1. The first-order valence-electron chi connectivity index (χ1n) is 7.75. The molecule has 22 heavy (non-hydrogen) atoms. The zero-order chi connectivity index (χ0) is 16.3. The molecule has 0 aliphatic carbocycles. The molecule has 1 amide bonds. The molecule has 1 aliphatic heterocycles. The van der Waals surface area contributed by atoms with Crippen LogP contribution in [0.25, 0.3) is 0 Å². The average Bonchev–Trinajstić information content (AvgIpc) is 2.41. The molecule has 1 fully saturated rings. The summed E-state index contributed by atoms with van der Waals surface area (Å²) < 4.78 is 5.50. The van der Waals surface area contributed by atoms with E-state index in [-0.39, 0.29) is 12.1 Å². The van der Waals surface area contributed by atoms with Gasteiger partial charge in [-0.3, -0.25) is 0 Å². The molecule has 2 rings (SSSR count). The van der Waals surface area contributed by atoms with E-state index in [2.05, 4.69) is 5.32 Å². The van der Waals surface area contributed by atoms with Crippen LogP contribution in [-0.2, 0) is 11.2 Å². The van der Waals surface area contributed by atoms with Crippen molar-refractivity contribution < 1.29 is 14.6 Å². The van der Waals surface area contributed by atoms with E-state index in [0.717, 1.165) is 24.2 Å². The number of hydrogen-bond acceptors (Lipinski definition) is 4. The summed E-state index contributed by atoms with van der Waals surface area (Å²) in [5.41, 5.74) is 1.38. The van der Waals surface area contributed by atoms with Gasteiger partial charge in [0.1, 0.15) is 11.4 Å². The van der Waals surface area contributed by atoms with Crippen LogP contribution in [0.5, 0.6) is 5.75 Å². The van der Waals surface area contributed by atoms with Crippen molar-refractivity contribution in [3.8, 4) is 5.75 Å². The Labute approximate surface area is 132 Å². The van der Waals surface area contributed by atoms with E-state index in [1.54, 1.807) is 11.0 Å². The Hall–Kier alpha value is -1.75. The number of nitrogens with one attached hydrogen (secondary N) is 1. The number of phenols is 1. The minimum absolute atomic E-state index is 0.0331. The number of aromatic hydroxyl groups is 1. The predicted molar refractivity (Wildman–Crippen MR) is 86.1 cm³/mol. The number of hydrogen-bond donors (Lipinski definition) is 2. The van der Waals surface area contributed by atoms with E-state index in [1.807, 2.05) is 39.8 Å². The van der Waals surface area contributed by atoms with Gasteiger partial charge in [0.05, 0.1) is 6.04 Å². The number of carbonyl (C=O) groups excluding carboxylic acids is 1. The Morgan fingerprint density at radius 3 is 2.82 bits per heavy atom. The zero-order valence-corrected chi connectivity index (χ0v) is 13.8. The Kier molecular flexibility index (Phi) is 4.96. The topological polar surface area (TPSA) is 61.8 Å². The predicted octanol–water partition coefficient (Wildman–Crippen LogP) is 2.45. The van der Waals surface area contributed by atoms with E-state index in [0.29, 0.717) is 18.7 Å². The number of amides is 1. The molecule has 0 bridgehead atoms. The Bertz CT molecular complexity index is 537. The molecule has 2 N–H and O–H groups in total. The third-order valence-corrected chi connectivity index (χ3v) is 3.72. The third kappa shape index (κ3) is 4.37. The number of nitrogens with zero attached hydrogens (tertiary/aromatic N) is 1. The summed E-state index contributed by atoms with van der Waals surface area (Å²) in [7, 11) is 0. The molecule has 1 aromatic carbocycles. The first kappa shape index (κ1) is 16.6. The first-order valence-corrected chi connectivity index (χ1v) is 7.75. The minimum Gasteiger partial charge on any atom is -0.508 e. The maximum Gasteiger partial charge on any atom is 0.410 e. The van der Waals surface area contributed by atoms with Crippen molar-refractivity contribution in [3.05, 3.63) is 29.3 Å². The fraction of sp³-hybridized carbons (Fsp3) is 0.588. The maximum atomic E-state index is 12.4. The highest BCUT2D eigenvalue weighted by molar-refractivity contribution is 5.68. The molecule has 0 spiro atoms. The van der Waals surface area contributed by atoms with Gasteiger partial charge >= 0.3 is 6.09 Å². The van der Waals surface area contributed by atoms with Gasteiger partial charge in [0.15, 0.2) is 0 Å². The molecule has 0 unspecified atom stereocenters. The van der Waals surface area contributed by atoms with Gasteiger partial charge in [0, 0.05) is 19.6 Å². The van der Waals surface area contributed by atoms with Gasteiger partial charge in [-0.25, -0.2) is 4.79 Å². The summed E-state index contributed by atoms with van der Waals surface area (Å²) in [5, 5.41) is 13.2. The van der Waals surface area contributed by atoms with Gasteiger partial charge in [-0.05, 0) is 51.3 Å². The summed E-state index contributed by atoms with van der Waals surface area (Å²) in [4.78, 5) is 14.2. The summed E-state index contributed by atoms with van der Waals surface area (Å²) >= 11 is 0. The Balaban J connectivity index is 2.09. The average molecular weight is 306 g/mol. The lowest BCUT2D eigenvalue weighted by atomic mass is 10.0. The second-order valence-electron chi connectivity index (χ2n) is 6.86. The molecule has 1 aliphatic rings. The third-order valence-electron chi connectivity index (χ3n) is 3.72. The molecule has 122 valence electrons. The van der Waals surface area contributed by atoms with E-state index in [4.69, 9.17) is 4.74 Å². The molecule has 1 atom stereocenters. The van der Waals surface area contributed by atoms with Gasteiger partial charge in [0.2, 0.25) is 0 Å². The highest BCUT2D eigenvalue weighted by atomic mass is 16.6. The standard InChI is InChI=1S/C17H26N2O3/c1-12-5-6-13(10-15(12)20)9-14-11-18-7-8-19(14)16(21)22-17(2,3)4/h5-6,10,14,18,20H,7-9,11H2,1-4H3/t14-/m1/s1. The molecule has 1 saturated heterocycles. The van der Waals surface area contributed by atoms with Crippen LogP contribution < -0.4 is 5.32 Å². The first-order chi connectivity index (χ1) is 10.3. The Morgan fingerprint density at radius 1 is 1.45 bits per heavy atom. The van der Waals surface area contributed by atoms with E-state index in [1.165, 1.54) is 0 Å². The van der Waals surface area contributed by atoms with E-state index < -0.39 is 5.60 Å². The van der Waals surface area contributed by atoms with Crippen molar-refractivity contribution in [1.29, 1.82) is 0 Å². The van der Waals surface area contributed by atoms with Crippen LogP contribution >= 0.6 is 0 Å². The Morgan fingerprint density at radius 2 is 2.18 bits per heavy atom. The van der Waals surface area contributed by atoms with Crippen LogP contribution in [0.1, 0.15) is 31.9 Å². The SMILES string of the molecule is Cc1ccc(C[C@@H]2CNCCN2C(=O)OC(C)(C)C)cc1O. The molecule has 5 heteroatoms. The van der Waals surface area contributed by atoms with Crippen LogP contribution in [0.3, 0.4) is 0 Å². The van der Waals surface area contributed by atoms with Crippen LogP contribution in [0.15, 0.2) is 18.2 Å². The van der Waals surface area contributed by atoms with Gasteiger partial charge in [-0.2, -0.15) is 0 Å². The molecule has 0 saturated carbocycles. The second kappa shape index (κ2) is 6.57. The maximum absolute atomic E-state index is 12.4. The minimum atomic E-state index is -0.491. The van der Waals surface area contributed by atoms with Crippen LogP contribution in [0, 0.1) is 6.92 Å². The smallest absolute Gasteiger partial charge is 0.410 e. The quantitative estimate of drug-likeness (QED) is 0.881. The van der Waals surface area contributed by atoms with Crippen molar-refractivity contribution in [3.63, 3.8) is 0 Å². The van der Waals surface area contributed by atoms with Crippen molar-refractivity contribution in [2.45, 2.75) is 45.8 Å². The monoisotopic (exact) mass is 306 g/mol. The fourth-order valence-electron chi connectivity index (χ4n) is 2.56. The number of carbonyl (C=O) groups is 1. The summed E-state index contributed by atoms with van der Waals surface area (Å²) in [6, 6.07) is 5.71. The molecule has 5 nitrogen and oxygen atoms in total. The van der Waals surface area contributed by atoms with E-state index in [9.17, 15) is 9.90 Å². The molecular weight excluding hydrogens is 280 g/mol. The molecular formula is C17H26N2O3. The van der Waals surface area contributed by atoms with Gasteiger partial charge in [-0.1, -0.05) is 12.1 Å². The summed E-state index contributed by atoms with van der Waals surface area (Å²) in [6.45, 7) is 9.63. The number of phenolic OH excluding ortho intramolecular Hbond substituents is 1. The lowest BCUT2D eigenvalue weighted by Gasteiger charge is -2.37. The number of benzene rings is 1. The van der Waals surface area contributed by atoms with Crippen LogP contribution in [-0.4, -0.2) is 47.4 Å². The lowest BCUT2D eigenvalue weighted by Crippen LogP contribution is -2.55. The number of ether oxygens (including phenoxy) is 1. The normalized spacial score (nSPS) is 19.1. The number of piperazine rings is 1. The van der Waals surface area contributed by atoms with Crippen molar-refractivity contribution in [2.75, 3.05) is 19.6 Å². The summed E-state index contributed by atoms with van der Waals surface area (Å²) in [5.74, 6) is 0.296. The largest absolute Gasteiger partial charge is 0.508 e. The lowest BCUT2D eigenvalue weighted by molar-refractivity contribution is 0.0122. The zero-order valence-electron chi connectivity index (χ0n) is 13.8. The molecule has 0 aromatic heterocycles. The van der Waals surface area contributed by atoms with Gasteiger partial charge in [-0.15, -0.1) is 0 Å². The fourth-order valence-corrected chi connectivity index (χ4v) is 2.56. The van der Waals surface area contributed by atoms with Crippen molar-refractivity contribution in [1.82, 2.24) is 10.2 Å². The molecule has 1 heterocycles. The van der Waals surface area contributed by atoms with Crippen molar-refractivity contribution in [2.24, 2.45) is 0 Å². The molecule has 1 aromatic rings. The van der Waals surface area contributed by atoms with Crippen molar-refractivity contribution >= 4 is 6.09 Å². The second-order valence-corrected chi connectivity index (χ2v) is 6.86. The van der Waals surface area contributed by atoms with Gasteiger partial charge < -0.3 is 20.1 Å². The van der Waals surface area contributed by atoms with Gasteiger partial charge in [0.25, 0.3) is 0 Å². The highest BCUT2D eigenvalue weighted by Crippen LogP contribution is 2.21. The van der Waals surface area contributed by atoms with Crippen LogP contribution in [0.4, 0.5) is 4.79 Å². The number of rotatable bonds is 2. The van der Waals surface area contributed by atoms with Crippen LogP contribution in [0.2, 0.25) is 0 Å². The summed E-state index contributed by atoms with van der Waals surface area (Å²) in [6.07, 6.45) is 0.426. The molecule has 0 radical (unpaired) electrons.